The lowest BCUT2D eigenvalue weighted by Gasteiger charge is -2.34. The zero-order chi connectivity index (χ0) is 19.8. The van der Waals surface area contributed by atoms with Gasteiger partial charge in [-0.2, -0.15) is 18.3 Å². The van der Waals surface area contributed by atoms with Gasteiger partial charge in [0.1, 0.15) is 11.5 Å². The molecule has 0 radical (unpaired) electrons. The SMILES string of the molecule is Cn1nc(C(F)(F)F)cc1C(=O)N1CCN(Cc2ccc(F)cc2Cl)CC1. The highest BCUT2D eigenvalue weighted by Crippen LogP contribution is 2.28. The molecule has 10 heteroatoms. The van der Waals surface area contributed by atoms with E-state index < -0.39 is 23.6 Å². The first-order valence-electron chi connectivity index (χ1n) is 8.22. The van der Waals surface area contributed by atoms with Crippen molar-refractivity contribution in [2.45, 2.75) is 12.7 Å². The lowest BCUT2D eigenvalue weighted by Crippen LogP contribution is -2.48. The third kappa shape index (κ3) is 4.41. The highest BCUT2D eigenvalue weighted by Gasteiger charge is 2.36. The smallest absolute Gasteiger partial charge is 0.335 e. The number of rotatable bonds is 3. The van der Waals surface area contributed by atoms with Crippen LogP contribution < -0.4 is 0 Å². The minimum Gasteiger partial charge on any atom is -0.335 e. The Balaban J connectivity index is 1.62. The minimum absolute atomic E-state index is 0.0997. The monoisotopic (exact) mass is 404 g/mol. The molecule has 0 saturated carbocycles. The summed E-state index contributed by atoms with van der Waals surface area (Å²) in [5.41, 5.74) is -0.408. The number of piperazine rings is 1. The summed E-state index contributed by atoms with van der Waals surface area (Å²) in [6.45, 7) is 2.30. The zero-order valence-corrected chi connectivity index (χ0v) is 15.2. The van der Waals surface area contributed by atoms with E-state index in [-0.39, 0.29) is 5.69 Å². The maximum absolute atomic E-state index is 13.1. The number of halogens is 5. The van der Waals surface area contributed by atoms with E-state index in [0.717, 1.165) is 16.3 Å². The maximum Gasteiger partial charge on any atom is 0.435 e. The van der Waals surface area contributed by atoms with Crippen LogP contribution in [-0.4, -0.2) is 51.7 Å². The molecule has 2 aromatic rings. The number of hydrogen-bond donors (Lipinski definition) is 0. The predicted octanol–water partition coefficient (Wildman–Crippen LogP) is 3.19. The second-order valence-corrected chi connectivity index (χ2v) is 6.75. The number of alkyl halides is 3. The fraction of sp³-hybridized carbons (Fsp3) is 0.412. The standard InChI is InChI=1S/C17H17ClF4N4O/c1-24-14(9-15(23-24)17(20,21)22)16(27)26-6-4-25(5-7-26)10-11-2-3-12(19)8-13(11)18/h2-3,8-9H,4-7,10H2,1H3. The molecule has 146 valence electrons. The molecule has 27 heavy (non-hydrogen) atoms. The van der Waals surface area contributed by atoms with Crippen LogP contribution in [0.15, 0.2) is 24.3 Å². The van der Waals surface area contributed by atoms with Crippen molar-refractivity contribution in [2.24, 2.45) is 7.05 Å². The van der Waals surface area contributed by atoms with E-state index in [0.29, 0.717) is 37.7 Å². The summed E-state index contributed by atoms with van der Waals surface area (Å²) in [5, 5.41) is 3.71. The first-order chi connectivity index (χ1) is 12.6. The van der Waals surface area contributed by atoms with Gasteiger partial charge in [0.2, 0.25) is 0 Å². The molecule has 1 fully saturated rings. The van der Waals surface area contributed by atoms with E-state index in [1.54, 1.807) is 6.07 Å². The Morgan fingerprint density at radius 2 is 1.85 bits per heavy atom. The van der Waals surface area contributed by atoms with Crippen LogP contribution in [0.2, 0.25) is 5.02 Å². The van der Waals surface area contributed by atoms with Crippen molar-refractivity contribution >= 4 is 17.5 Å². The number of aromatic nitrogens is 2. The largest absolute Gasteiger partial charge is 0.435 e. The number of carbonyl (C=O) groups is 1. The van der Waals surface area contributed by atoms with Crippen LogP contribution in [0.5, 0.6) is 0 Å². The average Bonchev–Trinajstić information content (AvgIpc) is 2.99. The molecule has 1 saturated heterocycles. The summed E-state index contributed by atoms with van der Waals surface area (Å²) in [7, 11) is 1.31. The van der Waals surface area contributed by atoms with Gasteiger partial charge in [-0.05, 0) is 17.7 Å². The third-order valence-corrected chi connectivity index (χ3v) is 4.81. The molecule has 1 aliphatic heterocycles. The molecule has 0 bridgehead atoms. The Labute approximate surface area is 158 Å². The molecular weight excluding hydrogens is 388 g/mol. The zero-order valence-electron chi connectivity index (χ0n) is 14.4. The van der Waals surface area contributed by atoms with Crippen LogP contribution in [-0.2, 0) is 19.8 Å². The molecule has 1 aliphatic rings. The molecule has 2 heterocycles. The van der Waals surface area contributed by atoms with Crippen molar-refractivity contribution in [3.8, 4) is 0 Å². The van der Waals surface area contributed by atoms with E-state index in [4.69, 9.17) is 11.6 Å². The maximum atomic E-state index is 13.1. The molecular formula is C17H17ClF4N4O. The Bertz CT molecular complexity index is 844. The van der Waals surface area contributed by atoms with Crippen LogP contribution in [0.25, 0.3) is 0 Å². The second kappa shape index (κ2) is 7.47. The van der Waals surface area contributed by atoms with E-state index in [1.807, 2.05) is 4.90 Å². The summed E-state index contributed by atoms with van der Waals surface area (Å²) < 4.78 is 52.4. The van der Waals surface area contributed by atoms with Gasteiger partial charge in [-0.1, -0.05) is 17.7 Å². The summed E-state index contributed by atoms with van der Waals surface area (Å²) in [6.07, 6.45) is -4.59. The number of nitrogens with zero attached hydrogens (tertiary/aromatic N) is 4. The second-order valence-electron chi connectivity index (χ2n) is 6.34. The summed E-state index contributed by atoms with van der Waals surface area (Å²) in [4.78, 5) is 16.1. The minimum atomic E-state index is -4.59. The highest BCUT2D eigenvalue weighted by molar-refractivity contribution is 6.31. The molecule has 0 N–H and O–H groups in total. The van der Waals surface area contributed by atoms with Crippen molar-refractivity contribution in [1.29, 1.82) is 0 Å². The molecule has 0 spiro atoms. The molecule has 3 rings (SSSR count). The van der Waals surface area contributed by atoms with Gasteiger partial charge in [0.15, 0.2) is 5.69 Å². The molecule has 0 atom stereocenters. The Morgan fingerprint density at radius 1 is 1.19 bits per heavy atom. The number of carbonyl (C=O) groups excluding carboxylic acids is 1. The van der Waals surface area contributed by atoms with E-state index in [1.165, 1.54) is 24.1 Å². The van der Waals surface area contributed by atoms with Crippen molar-refractivity contribution in [1.82, 2.24) is 19.6 Å². The Hall–Kier alpha value is -2.13. The van der Waals surface area contributed by atoms with Gasteiger partial charge in [-0.25, -0.2) is 4.39 Å². The Kier molecular flexibility index (Phi) is 5.43. The lowest BCUT2D eigenvalue weighted by atomic mass is 10.2. The first kappa shape index (κ1) is 19.6. The molecule has 0 aliphatic carbocycles. The molecule has 1 aromatic carbocycles. The van der Waals surface area contributed by atoms with E-state index in [2.05, 4.69) is 5.10 Å². The van der Waals surface area contributed by atoms with Gasteiger partial charge in [0, 0.05) is 50.9 Å². The summed E-state index contributed by atoms with van der Waals surface area (Å²) in [5.74, 6) is -0.895. The van der Waals surface area contributed by atoms with Crippen LogP contribution in [0.3, 0.4) is 0 Å². The van der Waals surface area contributed by atoms with Crippen molar-refractivity contribution < 1.29 is 22.4 Å². The van der Waals surface area contributed by atoms with Gasteiger partial charge in [0.25, 0.3) is 5.91 Å². The van der Waals surface area contributed by atoms with Gasteiger partial charge >= 0.3 is 6.18 Å². The first-order valence-corrected chi connectivity index (χ1v) is 8.60. The molecule has 5 nitrogen and oxygen atoms in total. The van der Waals surface area contributed by atoms with E-state index in [9.17, 15) is 22.4 Å². The number of amides is 1. The molecule has 1 amide bonds. The van der Waals surface area contributed by atoms with Crippen LogP contribution >= 0.6 is 11.6 Å². The van der Waals surface area contributed by atoms with Crippen LogP contribution in [0, 0.1) is 5.82 Å². The molecule has 0 unspecified atom stereocenters. The van der Waals surface area contributed by atoms with Gasteiger partial charge in [0.05, 0.1) is 0 Å². The topological polar surface area (TPSA) is 41.4 Å². The number of hydrogen-bond acceptors (Lipinski definition) is 3. The lowest BCUT2D eigenvalue weighted by molar-refractivity contribution is -0.141. The van der Waals surface area contributed by atoms with Gasteiger partial charge < -0.3 is 4.90 Å². The number of benzene rings is 1. The van der Waals surface area contributed by atoms with Gasteiger partial charge in [-0.15, -0.1) is 0 Å². The third-order valence-electron chi connectivity index (χ3n) is 4.46. The average molecular weight is 405 g/mol. The van der Waals surface area contributed by atoms with Crippen LogP contribution in [0.1, 0.15) is 21.7 Å². The fourth-order valence-electron chi connectivity index (χ4n) is 2.97. The Morgan fingerprint density at radius 3 is 2.41 bits per heavy atom. The van der Waals surface area contributed by atoms with Gasteiger partial charge in [-0.3, -0.25) is 14.4 Å². The van der Waals surface area contributed by atoms with Crippen molar-refractivity contribution in [3.05, 3.63) is 52.1 Å². The summed E-state index contributed by atoms with van der Waals surface area (Å²) in [6, 6.07) is 4.97. The van der Waals surface area contributed by atoms with Crippen molar-refractivity contribution in [2.75, 3.05) is 26.2 Å². The quantitative estimate of drug-likeness (QED) is 0.738. The van der Waals surface area contributed by atoms with Crippen molar-refractivity contribution in [3.63, 3.8) is 0 Å². The molecule has 1 aromatic heterocycles. The van der Waals surface area contributed by atoms with Crippen LogP contribution in [0.4, 0.5) is 17.6 Å². The van der Waals surface area contributed by atoms with E-state index >= 15 is 0 Å². The normalized spacial score (nSPS) is 16.0. The predicted molar refractivity (Wildman–Crippen MR) is 90.8 cm³/mol. The highest BCUT2D eigenvalue weighted by atomic mass is 35.5. The fourth-order valence-corrected chi connectivity index (χ4v) is 3.19. The number of aryl methyl sites for hydroxylation is 1. The summed E-state index contributed by atoms with van der Waals surface area (Å²) >= 11 is 6.03.